The van der Waals surface area contributed by atoms with Crippen molar-refractivity contribution in [2.45, 2.75) is 38.3 Å². The standard InChI is InChI=1S/C12H18N4O3/c1-7-3-2-4-8(5-13)16(7)11(18)9-6-14-12(19)15-10(9)17/h6-8H,2-5,13H2,1H3,(H2,14,15,17,19). The summed E-state index contributed by atoms with van der Waals surface area (Å²) in [6, 6.07) is -0.0105. The number of likely N-dealkylation sites (tertiary alicyclic amines) is 1. The maximum absolute atomic E-state index is 12.4. The van der Waals surface area contributed by atoms with Gasteiger partial charge in [0.2, 0.25) is 0 Å². The van der Waals surface area contributed by atoms with Gasteiger partial charge in [0.15, 0.2) is 0 Å². The minimum atomic E-state index is -0.665. The maximum atomic E-state index is 12.4. The zero-order chi connectivity index (χ0) is 14.0. The molecule has 1 aromatic rings. The van der Waals surface area contributed by atoms with E-state index in [4.69, 9.17) is 5.73 Å². The average Bonchev–Trinajstić information content (AvgIpc) is 2.37. The van der Waals surface area contributed by atoms with E-state index in [1.807, 2.05) is 6.92 Å². The molecule has 0 saturated carbocycles. The van der Waals surface area contributed by atoms with E-state index in [1.165, 1.54) is 6.20 Å². The van der Waals surface area contributed by atoms with Gasteiger partial charge < -0.3 is 15.6 Å². The lowest BCUT2D eigenvalue weighted by atomic mass is 9.95. The normalized spacial score (nSPS) is 23.4. The number of nitrogens with one attached hydrogen (secondary N) is 2. The van der Waals surface area contributed by atoms with Crippen molar-refractivity contribution < 1.29 is 4.79 Å². The second-order valence-electron chi connectivity index (χ2n) is 4.87. The summed E-state index contributed by atoms with van der Waals surface area (Å²) in [4.78, 5) is 41.1. The average molecular weight is 266 g/mol. The number of hydrogen-bond donors (Lipinski definition) is 3. The summed E-state index contributed by atoms with van der Waals surface area (Å²) < 4.78 is 0. The molecule has 0 radical (unpaired) electrons. The Morgan fingerprint density at radius 2 is 2.21 bits per heavy atom. The lowest BCUT2D eigenvalue weighted by Gasteiger charge is -2.40. The third kappa shape index (κ3) is 2.60. The van der Waals surface area contributed by atoms with E-state index in [2.05, 4.69) is 9.97 Å². The Kier molecular flexibility index (Phi) is 3.84. The van der Waals surface area contributed by atoms with Gasteiger partial charge in [0.25, 0.3) is 11.5 Å². The Balaban J connectivity index is 2.36. The number of nitrogens with two attached hydrogens (primary N) is 1. The van der Waals surface area contributed by atoms with Crippen molar-refractivity contribution >= 4 is 5.91 Å². The molecule has 1 aliphatic rings. The smallest absolute Gasteiger partial charge is 0.325 e. The number of carbonyl (C=O) groups excluding carboxylic acids is 1. The Labute approximate surface area is 109 Å². The zero-order valence-corrected chi connectivity index (χ0v) is 10.8. The minimum Gasteiger partial charge on any atom is -0.331 e. The SMILES string of the molecule is CC1CCCC(CN)N1C(=O)c1c[nH]c(=O)[nH]c1=O. The summed E-state index contributed by atoms with van der Waals surface area (Å²) in [5.41, 5.74) is 4.36. The van der Waals surface area contributed by atoms with Crippen molar-refractivity contribution in [1.29, 1.82) is 0 Å². The van der Waals surface area contributed by atoms with Gasteiger partial charge in [-0.3, -0.25) is 14.6 Å². The van der Waals surface area contributed by atoms with Crippen LogP contribution in [0.25, 0.3) is 0 Å². The molecule has 2 rings (SSSR count). The molecule has 4 N–H and O–H groups in total. The molecule has 0 spiro atoms. The monoisotopic (exact) mass is 266 g/mol. The molecule has 0 aromatic carbocycles. The van der Waals surface area contributed by atoms with Crippen LogP contribution in [0.1, 0.15) is 36.5 Å². The second kappa shape index (κ2) is 5.40. The highest BCUT2D eigenvalue weighted by Crippen LogP contribution is 2.23. The molecule has 104 valence electrons. The minimum absolute atomic E-state index is 0.0427. The van der Waals surface area contributed by atoms with E-state index in [-0.39, 0.29) is 23.6 Å². The zero-order valence-electron chi connectivity index (χ0n) is 10.8. The Hall–Kier alpha value is -1.89. The Morgan fingerprint density at radius 1 is 1.47 bits per heavy atom. The maximum Gasteiger partial charge on any atom is 0.325 e. The van der Waals surface area contributed by atoms with Gasteiger partial charge in [0.1, 0.15) is 5.56 Å². The fourth-order valence-corrected chi connectivity index (χ4v) is 2.59. The van der Waals surface area contributed by atoms with Gasteiger partial charge in [-0.15, -0.1) is 0 Å². The van der Waals surface area contributed by atoms with E-state index in [9.17, 15) is 14.4 Å². The van der Waals surface area contributed by atoms with E-state index in [0.29, 0.717) is 6.54 Å². The van der Waals surface area contributed by atoms with Crippen molar-refractivity contribution in [2.75, 3.05) is 6.54 Å². The van der Waals surface area contributed by atoms with Crippen molar-refractivity contribution in [2.24, 2.45) is 5.73 Å². The lowest BCUT2D eigenvalue weighted by Crippen LogP contribution is -2.53. The molecule has 7 nitrogen and oxygen atoms in total. The van der Waals surface area contributed by atoms with E-state index in [0.717, 1.165) is 19.3 Å². The second-order valence-corrected chi connectivity index (χ2v) is 4.87. The Bertz CT molecular complexity index is 577. The molecule has 19 heavy (non-hydrogen) atoms. The lowest BCUT2D eigenvalue weighted by molar-refractivity contribution is 0.0491. The summed E-state index contributed by atoms with van der Waals surface area (Å²) in [6.07, 6.45) is 3.92. The molecule has 1 aromatic heterocycles. The van der Waals surface area contributed by atoms with Gasteiger partial charge in [-0.1, -0.05) is 0 Å². The number of nitrogens with zero attached hydrogens (tertiary/aromatic N) is 1. The van der Waals surface area contributed by atoms with Crippen LogP contribution in [0.3, 0.4) is 0 Å². The van der Waals surface area contributed by atoms with Crippen molar-refractivity contribution in [3.63, 3.8) is 0 Å². The molecule has 1 amide bonds. The first-order valence-corrected chi connectivity index (χ1v) is 6.39. The van der Waals surface area contributed by atoms with Crippen molar-refractivity contribution in [1.82, 2.24) is 14.9 Å². The van der Waals surface area contributed by atoms with Crippen molar-refractivity contribution in [3.05, 3.63) is 32.6 Å². The van der Waals surface area contributed by atoms with E-state index >= 15 is 0 Å². The fourth-order valence-electron chi connectivity index (χ4n) is 2.59. The van der Waals surface area contributed by atoms with Crippen LogP contribution in [-0.4, -0.2) is 39.4 Å². The van der Waals surface area contributed by atoms with Crippen LogP contribution in [0.15, 0.2) is 15.8 Å². The highest BCUT2D eigenvalue weighted by Gasteiger charge is 2.32. The predicted molar refractivity (Wildman–Crippen MR) is 70.0 cm³/mol. The molecule has 1 saturated heterocycles. The third-order valence-corrected chi connectivity index (χ3v) is 3.58. The number of rotatable bonds is 2. The van der Waals surface area contributed by atoms with Crippen molar-refractivity contribution in [3.8, 4) is 0 Å². The summed E-state index contributed by atoms with van der Waals surface area (Å²) in [5, 5.41) is 0. The number of hydrogen-bond acceptors (Lipinski definition) is 4. The van der Waals surface area contributed by atoms with E-state index < -0.39 is 11.2 Å². The van der Waals surface area contributed by atoms with Gasteiger partial charge in [-0.25, -0.2) is 4.79 Å². The molecule has 0 bridgehead atoms. The largest absolute Gasteiger partial charge is 0.331 e. The van der Waals surface area contributed by atoms with Crippen LogP contribution < -0.4 is 17.0 Å². The fraction of sp³-hybridized carbons (Fsp3) is 0.583. The first kappa shape index (κ1) is 13.5. The van der Waals surface area contributed by atoms with Gasteiger partial charge in [-0.05, 0) is 26.2 Å². The van der Waals surface area contributed by atoms with Gasteiger partial charge in [-0.2, -0.15) is 0 Å². The number of carbonyl (C=O) groups is 1. The van der Waals surface area contributed by atoms with Crippen LogP contribution in [0.5, 0.6) is 0 Å². The topological polar surface area (TPSA) is 112 Å². The quantitative estimate of drug-likeness (QED) is 0.663. The molecular weight excluding hydrogens is 248 g/mol. The van der Waals surface area contributed by atoms with Crippen LogP contribution >= 0.6 is 0 Å². The third-order valence-electron chi connectivity index (χ3n) is 3.58. The molecule has 7 heteroatoms. The summed E-state index contributed by atoms with van der Waals surface area (Å²) in [6.45, 7) is 2.32. The van der Waals surface area contributed by atoms with Crippen LogP contribution in [0, 0.1) is 0 Å². The molecule has 2 atom stereocenters. The van der Waals surface area contributed by atoms with Gasteiger partial charge >= 0.3 is 5.69 Å². The molecule has 1 fully saturated rings. The number of aromatic amines is 2. The number of H-pyrrole nitrogens is 2. The first-order valence-electron chi connectivity index (χ1n) is 6.39. The molecule has 2 unspecified atom stereocenters. The summed E-state index contributed by atoms with van der Waals surface area (Å²) in [7, 11) is 0. The highest BCUT2D eigenvalue weighted by molar-refractivity contribution is 5.94. The van der Waals surface area contributed by atoms with Crippen LogP contribution in [-0.2, 0) is 0 Å². The number of piperidine rings is 1. The van der Waals surface area contributed by atoms with E-state index in [1.54, 1.807) is 4.90 Å². The Morgan fingerprint density at radius 3 is 2.84 bits per heavy atom. The van der Waals surface area contributed by atoms with Crippen LogP contribution in [0.2, 0.25) is 0 Å². The molecule has 1 aliphatic heterocycles. The molecule has 0 aliphatic carbocycles. The number of aromatic nitrogens is 2. The molecule has 2 heterocycles. The molecular formula is C12H18N4O3. The van der Waals surface area contributed by atoms with Crippen LogP contribution in [0.4, 0.5) is 0 Å². The highest BCUT2D eigenvalue weighted by atomic mass is 16.2. The first-order chi connectivity index (χ1) is 9.04. The van der Waals surface area contributed by atoms with Gasteiger partial charge in [0, 0.05) is 24.8 Å². The number of amides is 1. The summed E-state index contributed by atoms with van der Waals surface area (Å²) in [5.74, 6) is -0.375. The van der Waals surface area contributed by atoms with Gasteiger partial charge in [0.05, 0.1) is 0 Å². The predicted octanol–water partition coefficient (Wildman–Crippen LogP) is -0.595. The summed E-state index contributed by atoms with van der Waals surface area (Å²) >= 11 is 0.